The topological polar surface area (TPSA) is 78.2 Å². The molecule has 0 N–H and O–H groups in total. The van der Waals surface area contributed by atoms with Crippen molar-refractivity contribution in [2.75, 3.05) is 5.75 Å². The number of nitrogens with zero attached hydrogens (tertiary/aromatic N) is 2. The van der Waals surface area contributed by atoms with E-state index in [9.17, 15) is 13.2 Å². The third-order valence-electron chi connectivity index (χ3n) is 4.33. The molecule has 1 saturated heterocycles. The summed E-state index contributed by atoms with van der Waals surface area (Å²) < 4.78 is 23.5. The Labute approximate surface area is 120 Å². The molecule has 20 heavy (non-hydrogen) atoms. The van der Waals surface area contributed by atoms with Crippen LogP contribution in [-0.2, 0) is 14.6 Å². The monoisotopic (exact) mass is 298 g/mol. The Morgan fingerprint density at radius 3 is 2.50 bits per heavy atom. The standard InChI is InChI=1S/C14H22N2O3S/c1-9(8-20(18,19)14(2,3)4)13(17)16-11(7-15)5-10-6-12(10)16/h9-12H,5-6,8H2,1-4H3/t9?,10-,11?,12+/m1/s1. The van der Waals surface area contributed by atoms with E-state index >= 15 is 0 Å². The number of piperidine rings is 1. The molecule has 0 aromatic heterocycles. The van der Waals surface area contributed by atoms with Crippen LogP contribution in [0, 0.1) is 23.2 Å². The van der Waals surface area contributed by atoms with Crippen LogP contribution < -0.4 is 0 Å². The van der Waals surface area contributed by atoms with Crippen LogP contribution in [0.2, 0.25) is 0 Å². The number of fused-ring (bicyclic) bond motifs is 1. The normalized spacial score (nSPS) is 30.6. The molecular weight excluding hydrogens is 276 g/mol. The highest BCUT2D eigenvalue weighted by molar-refractivity contribution is 7.92. The lowest BCUT2D eigenvalue weighted by Gasteiger charge is -2.27. The number of hydrogen-bond donors (Lipinski definition) is 0. The lowest BCUT2D eigenvalue weighted by atomic mass is 10.1. The van der Waals surface area contributed by atoms with Crippen molar-refractivity contribution in [2.45, 2.75) is 57.4 Å². The minimum atomic E-state index is -3.33. The van der Waals surface area contributed by atoms with Gasteiger partial charge in [-0.15, -0.1) is 0 Å². The zero-order valence-corrected chi connectivity index (χ0v) is 13.3. The van der Waals surface area contributed by atoms with Crippen molar-refractivity contribution in [1.29, 1.82) is 5.26 Å². The highest BCUT2D eigenvalue weighted by atomic mass is 32.2. The zero-order chi connectivity index (χ0) is 15.3. The van der Waals surface area contributed by atoms with Crippen LogP contribution in [0.5, 0.6) is 0 Å². The summed E-state index contributed by atoms with van der Waals surface area (Å²) in [5.74, 6) is -0.472. The van der Waals surface area contributed by atoms with Crippen molar-refractivity contribution < 1.29 is 13.2 Å². The molecule has 0 aromatic carbocycles. The Bertz CT molecular complexity index is 556. The van der Waals surface area contributed by atoms with Crippen molar-refractivity contribution in [3.63, 3.8) is 0 Å². The molecule has 0 bridgehead atoms. The predicted molar refractivity (Wildman–Crippen MR) is 75.5 cm³/mol. The van der Waals surface area contributed by atoms with Gasteiger partial charge in [-0.25, -0.2) is 8.42 Å². The maximum absolute atomic E-state index is 12.5. The molecule has 2 aliphatic rings. The van der Waals surface area contributed by atoms with Crippen LogP contribution in [0.4, 0.5) is 0 Å². The third kappa shape index (κ3) is 2.56. The van der Waals surface area contributed by atoms with Crippen LogP contribution in [0.1, 0.15) is 40.5 Å². The smallest absolute Gasteiger partial charge is 0.227 e. The fraction of sp³-hybridized carbons (Fsp3) is 0.857. The average Bonchev–Trinajstić information content (AvgIpc) is 2.97. The molecule has 6 heteroatoms. The van der Waals surface area contributed by atoms with Crippen LogP contribution >= 0.6 is 0 Å². The number of amides is 1. The van der Waals surface area contributed by atoms with Gasteiger partial charge in [0.2, 0.25) is 5.91 Å². The van der Waals surface area contributed by atoms with Crippen LogP contribution in [0.25, 0.3) is 0 Å². The summed E-state index contributed by atoms with van der Waals surface area (Å²) >= 11 is 0. The molecule has 0 radical (unpaired) electrons. The molecule has 1 aliphatic heterocycles. The van der Waals surface area contributed by atoms with E-state index in [1.807, 2.05) is 0 Å². The second-order valence-corrected chi connectivity index (χ2v) is 9.77. The zero-order valence-electron chi connectivity index (χ0n) is 12.5. The van der Waals surface area contributed by atoms with Crippen LogP contribution in [-0.4, -0.2) is 41.8 Å². The maximum Gasteiger partial charge on any atom is 0.227 e. The first-order chi connectivity index (χ1) is 9.08. The van der Waals surface area contributed by atoms with Crippen molar-refractivity contribution in [3.05, 3.63) is 0 Å². The molecule has 112 valence electrons. The highest BCUT2D eigenvalue weighted by Crippen LogP contribution is 2.48. The first-order valence-corrected chi connectivity index (χ1v) is 8.68. The van der Waals surface area contributed by atoms with Crippen molar-refractivity contribution in [2.24, 2.45) is 11.8 Å². The van der Waals surface area contributed by atoms with E-state index in [1.165, 1.54) is 0 Å². The van der Waals surface area contributed by atoms with Gasteiger partial charge in [-0.1, -0.05) is 6.92 Å². The van der Waals surface area contributed by atoms with Gasteiger partial charge in [0.25, 0.3) is 0 Å². The maximum atomic E-state index is 12.5. The Morgan fingerprint density at radius 2 is 2.00 bits per heavy atom. The van der Waals surface area contributed by atoms with Gasteiger partial charge in [0.1, 0.15) is 6.04 Å². The van der Waals surface area contributed by atoms with Crippen LogP contribution in [0.15, 0.2) is 0 Å². The molecule has 5 nitrogen and oxygen atoms in total. The summed E-state index contributed by atoms with van der Waals surface area (Å²) in [6.45, 7) is 6.58. The summed E-state index contributed by atoms with van der Waals surface area (Å²) in [7, 11) is -3.33. The first kappa shape index (κ1) is 15.3. The highest BCUT2D eigenvalue weighted by Gasteiger charge is 2.54. The number of carbonyl (C=O) groups is 1. The predicted octanol–water partition coefficient (Wildman–Crippen LogP) is 1.35. The van der Waals surface area contributed by atoms with Crippen molar-refractivity contribution in [3.8, 4) is 6.07 Å². The molecule has 1 amide bonds. The van der Waals surface area contributed by atoms with Gasteiger partial charge >= 0.3 is 0 Å². The van der Waals surface area contributed by atoms with Gasteiger partial charge < -0.3 is 4.90 Å². The number of hydrogen-bond acceptors (Lipinski definition) is 4. The first-order valence-electron chi connectivity index (χ1n) is 7.02. The number of sulfone groups is 1. The second kappa shape index (κ2) is 4.73. The van der Waals surface area contributed by atoms with E-state index in [0.29, 0.717) is 5.92 Å². The fourth-order valence-corrected chi connectivity index (χ4v) is 4.09. The molecule has 2 unspecified atom stereocenters. The Morgan fingerprint density at radius 1 is 1.40 bits per heavy atom. The van der Waals surface area contributed by atoms with Gasteiger partial charge in [-0.2, -0.15) is 5.26 Å². The van der Waals surface area contributed by atoms with Crippen molar-refractivity contribution in [1.82, 2.24) is 4.90 Å². The largest absolute Gasteiger partial charge is 0.323 e. The molecule has 0 spiro atoms. The number of rotatable bonds is 3. The fourth-order valence-electron chi connectivity index (χ4n) is 2.79. The summed E-state index contributed by atoms with van der Waals surface area (Å²) in [6, 6.07) is 1.96. The summed E-state index contributed by atoms with van der Waals surface area (Å²) in [5, 5.41) is 9.11. The molecule has 4 atom stereocenters. The van der Waals surface area contributed by atoms with E-state index in [-0.39, 0.29) is 23.7 Å². The van der Waals surface area contributed by atoms with E-state index in [2.05, 4.69) is 6.07 Å². The van der Waals surface area contributed by atoms with Gasteiger partial charge in [-0.3, -0.25) is 4.79 Å². The minimum Gasteiger partial charge on any atom is -0.323 e. The van der Waals surface area contributed by atoms with E-state index in [0.717, 1.165) is 12.8 Å². The number of likely N-dealkylation sites (tertiary alicyclic amines) is 1. The lowest BCUT2D eigenvalue weighted by Crippen LogP contribution is -2.44. The number of carbonyl (C=O) groups excluding carboxylic acids is 1. The molecule has 0 aromatic rings. The summed E-state index contributed by atoms with van der Waals surface area (Å²) in [4.78, 5) is 14.1. The van der Waals surface area contributed by atoms with Gasteiger partial charge in [0.15, 0.2) is 9.84 Å². The van der Waals surface area contributed by atoms with Crippen molar-refractivity contribution >= 4 is 15.7 Å². The molecule has 2 fully saturated rings. The molecule has 2 rings (SSSR count). The summed E-state index contributed by atoms with van der Waals surface area (Å²) in [5.41, 5.74) is 0. The quantitative estimate of drug-likeness (QED) is 0.788. The molecule has 1 aliphatic carbocycles. The summed E-state index contributed by atoms with van der Waals surface area (Å²) in [6.07, 6.45) is 1.70. The lowest BCUT2D eigenvalue weighted by molar-refractivity contribution is -0.135. The third-order valence-corrected chi connectivity index (χ3v) is 7.14. The molecule has 1 saturated carbocycles. The Kier molecular flexibility index (Phi) is 3.62. The van der Waals surface area contributed by atoms with E-state index < -0.39 is 20.5 Å². The Balaban J connectivity index is 2.09. The van der Waals surface area contributed by atoms with E-state index in [1.54, 1.807) is 32.6 Å². The molecular formula is C14H22N2O3S. The number of nitriles is 1. The Hall–Kier alpha value is -1.09. The molecule has 1 heterocycles. The van der Waals surface area contributed by atoms with Gasteiger partial charge in [0.05, 0.1) is 16.6 Å². The van der Waals surface area contributed by atoms with E-state index in [4.69, 9.17) is 5.26 Å². The van der Waals surface area contributed by atoms with Crippen LogP contribution in [0.3, 0.4) is 0 Å². The van der Waals surface area contributed by atoms with Gasteiger partial charge in [-0.05, 0) is 39.5 Å². The van der Waals surface area contributed by atoms with Gasteiger partial charge in [0, 0.05) is 12.0 Å². The second-order valence-electron chi connectivity index (χ2n) is 6.98. The average molecular weight is 298 g/mol. The minimum absolute atomic E-state index is 0.151. The SMILES string of the molecule is CC(CS(=O)(=O)C(C)(C)C)C(=O)N1C(C#N)C[C@@H]2C[C@@H]21.